The van der Waals surface area contributed by atoms with Gasteiger partial charge in [0.15, 0.2) is 0 Å². The van der Waals surface area contributed by atoms with Crippen molar-refractivity contribution in [3.63, 3.8) is 0 Å². The molecule has 0 atom stereocenters. The zero-order valence-electron chi connectivity index (χ0n) is 12.2. The quantitative estimate of drug-likeness (QED) is 0.646. The van der Waals surface area contributed by atoms with E-state index in [-0.39, 0.29) is 5.60 Å². The summed E-state index contributed by atoms with van der Waals surface area (Å²) in [5, 5.41) is 0. The third-order valence-corrected chi connectivity index (χ3v) is 2.51. The van der Waals surface area contributed by atoms with E-state index < -0.39 is 0 Å². The lowest BCUT2D eigenvalue weighted by Gasteiger charge is -2.21. The Morgan fingerprint density at radius 1 is 0.889 bits per heavy atom. The summed E-state index contributed by atoms with van der Waals surface area (Å²) in [6.45, 7) is 9.16. The second-order valence-corrected chi connectivity index (χ2v) is 5.59. The predicted octanol–water partition coefficient (Wildman–Crippen LogP) is 4.82. The summed E-state index contributed by atoms with van der Waals surface area (Å²) < 4.78 is 11.4. The Kier molecular flexibility index (Phi) is 6.03. The average Bonchev–Trinajstić information content (AvgIpc) is 2.29. The van der Waals surface area contributed by atoms with E-state index in [1.54, 1.807) is 0 Å². The summed E-state index contributed by atoms with van der Waals surface area (Å²) in [7, 11) is 0. The molecule has 1 aromatic rings. The SMILES string of the molecule is CCCCCCOc1ccc(OC(C)(C)C)cc1. The Hall–Kier alpha value is -1.18. The van der Waals surface area contributed by atoms with Gasteiger partial charge < -0.3 is 9.47 Å². The van der Waals surface area contributed by atoms with Gasteiger partial charge in [0.2, 0.25) is 0 Å². The number of hydrogen-bond acceptors (Lipinski definition) is 2. The molecular weight excluding hydrogens is 224 g/mol. The maximum absolute atomic E-state index is 5.76. The second-order valence-electron chi connectivity index (χ2n) is 5.59. The molecule has 0 saturated carbocycles. The largest absolute Gasteiger partial charge is 0.494 e. The van der Waals surface area contributed by atoms with Gasteiger partial charge in [0, 0.05) is 0 Å². The summed E-state index contributed by atoms with van der Waals surface area (Å²) in [6.07, 6.45) is 4.94. The first-order valence-electron chi connectivity index (χ1n) is 6.93. The summed E-state index contributed by atoms with van der Waals surface area (Å²) in [4.78, 5) is 0. The molecule has 0 saturated heterocycles. The van der Waals surface area contributed by atoms with Crippen LogP contribution >= 0.6 is 0 Å². The van der Waals surface area contributed by atoms with Gasteiger partial charge in [0.1, 0.15) is 17.1 Å². The molecular formula is C16H26O2. The van der Waals surface area contributed by atoms with Crippen LogP contribution in [-0.2, 0) is 0 Å². The van der Waals surface area contributed by atoms with Gasteiger partial charge in [0.05, 0.1) is 6.61 Å². The standard InChI is InChI=1S/C16H26O2/c1-5-6-7-8-13-17-14-9-11-15(12-10-14)18-16(2,3)4/h9-12H,5-8,13H2,1-4H3. The Balaban J connectivity index is 2.32. The maximum Gasteiger partial charge on any atom is 0.120 e. The van der Waals surface area contributed by atoms with Crippen molar-refractivity contribution in [3.8, 4) is 11.5 Å². The van der Waals surface area contributed by atoms with Crippen LogP contribution in [0.5, 0.6) is 11.5 Å². The topological polar surface area (TPSA) is 18.5 Å². The molecule has 18 heavy (non-hydrogen) atoms. The molecule has 0 fully saturated rings. The van der Waals surface area contributed by atoms with Crippen LogP contribution in [0.15, 0.2) is 24.3 Å². The zero-order chi connectivity index (χ0) is 13.4. The first kappa shape index (κ1) is 14.9. The van der Waals surface area contributed by atoms with Crippen LogP contribution in [0.1, 0.15) is 53.4 Å². The van der Waals surface area contributed by atoms with Crippen molar-refractivity contribution in [2.75, 3.05) is 6.61 Å². The van der Waals surface area contributed by atoms with Crippen LogP contribution in [0.3, 0.4) is 0 Å². The fourth-order valence-corrected chi connectivity index (χ4v) is 1.68. The molecule has 1 aromatic carbocycles. The molecule has 0 amide bonds. The molecule has 0 spiro atoms. The molecule has 2 nitrogen and oxygen atoms in total. The monoisotopic (exact) mass is 250 g/mol. The maximum atomic E-state index is 5.76. The van der Waals surface area contributed by atoms with Crippen molar-refractivity contribution in [1.82, 2.24) is 0 Å². The minimum atomic E-state index is -0.150. The number of hydrogen-bond donors (Lipinski definition) is 0. The number of unbranched alkanes of at least 4 members (excludes halogenated alkanes) is 3. The lowest BCUT2D eigenvalue weighted by atomic mass is 10.2. The fourth-order valence-electron chi connectivity index (χ4n) is 1.68. The molecule has 1 rings (SSSR count). The minimum Gasteiger partial charge on any atom is -0.494 e. The molecule has 0 aliphatic rings. The van der Waals surface area contributed by atoms with Gasteiger partial charge >= 0.3 is 0 Å². The lowest BCUT2D eigenvalue weighted by molar-refractivity contribution is 0.131. The number of ether oxygens (including phenoxy) is 2. The van der Waals surface area contributed by atoms with Crippen LogP contribution in [0, 0.1) is 0 Å². The smallest absolute Gasteiger partial charge is 0.120 e. The third kappa shape index (κ3) is 6.53. The molecule has 102 valence electrons. The van der Waals surface area contributed by atoms with Crippen molar-refractivity contribution < 1.29 is 9.47 Å². The number of benzene rings is 1. The summed E-state index contributed by atoms with van der Waals surface area (Å²) in [6, 6.07) is 7.88. The molecule has 0 N–H and O–H groups in total. The Morgan fingerprint density at radius 3 is 2.06 bits per heavy atom. The average molecular weight is 250 g/mol. The van der Waals surface area contributed by atoms with E-state index in [4.69, 9.17) is 9.47 Å². The van der Waals surface area contributed by atoms with Gasteiger partial charge in [0.25, 0.3) is 0 Å². The molecule has 0 aliphatic heterocycles. The minimum absolute atomic E-state index is 0.150. The fraction of sp³-hybridized carbons (Fsp3) is 0.625. The first-order valence-corrected chi connectivity index (χ1v) is 6.93. The lowest BCUT2D eigenvalue weighted by Crippen LogP contribution is -2.22. The van der Waals surface area contributed by atoms with Crippen molar-refractivity contribution >= 4 is 0 Å². The molecule has 0 radical (unpaired) electrons. The summed E-state index contributed by atoms with van der Waals surface area (Å²) in [5.74, 6) is 1.81. The summed E-state index contributed by atoms with van der Waals surface area (Å²) >= 11 is 0. The van der Waals surface area contributed by atoms with Crippen molar-refractivity contribution in [2.24, 2.45) is 0 Å². The Morgan fingerprint density at radius 2 is 1.50 bits per heavy atom. The van der Waals surface area contributed by atoms with Crippen LogP contribution in [0.4, 0.5) is 0 Å². The van der Waals surface area contributed by atoms with E-state index in [1.165, 1.54) is 19.3 Å². The third-order valence-electron chi connectivity index (χ3n) is 2.51. The van der Waals surface area contributed by atoms with Crippen LogP contribution in [-0.4, -0.2) is 12.2 Å². The van der Waals surface area contributed by atoms with Gasteiger partial charge in [-0.15, -0.1) is 0 Å². The van der Waals surface area contributed by atoms with Gasteiger partial charge in [-0.2, -0.15) is 0 Å². The van der Waals surface area contributed by atoms with Gasteiger partial charge in [-0.1, -0.05) is 26.2 Å². The Bertz CT molecular complexity index is 322. The van der Waals surface area contributed by atoms with E-state index in [2.05, 4.69) is 6.92 Å². The van der Waals surface area contributed by atoms with Crippen LogP contribution in [0.2, 0.25) is 0 Å². The highest BCUT2D eigenvalue weighted by Gasteiger charge is 2.11. The second kappa shape index (κ2) is 7.30. The highest BCUT2D eigenvalue weighted by atomic mass is 16.5. The van der Waals surface area contributed by atoms with Crippen LogP contribution in [0.25, 0.3) is 0 Å². The Labute approximate surface area is 111 Å². The van der Waals surface area contributed by atoms with Crippen molar-refractivity contribution in [3.05, 3.63) is 24.3 Å². The van der Waals surface area contributed by atoms with Gasteiger partial charge in [-0.05, 0) is 51.5 Å². The zero-order valence-corrected chi connectivity index (χ0v) is 12.2. The van der Waals surface area contributed by atoms with Crippen molar-refractivity contribution in [1.29, 1.82) is 0 Å². The summed E-state index contributed by atoms with van der Waals surface area (Å²) in [5.41, 5.74) is -0.150. The van der Waals surface area contributed by atoms with Crippen molar-refractivity contribution in [2.45, 2.75) is 59.0 Å². The van der Waals surface area contributed by atoms with Gasteiger partial charge in [-0.25, -0.2) is 0 Å². The highest BCUT2D eigenvalue weighted by molar-refractivity contribution is 5.31. The van der Waals surface area contributed by atoms with Crippen LogP contribution < -0.4 is 9.47 Å². The van der Waals surface area contributed by atoms with E-state index in [1.807, 2.05) is 45.0 Å². The highest BCUT2D eigenvalue weighted by Crippen LogP contribution is 2.21. The number of rotatable bonds is 7. The van der Waals surface area contributed by atoms with E-state index in [0.29, 0.717) is 0 Å². The predicted molar refractivity (Wildman–Crippen MR) is 76.5 cm³/mol. The molecule has 0 bridgehead atoms. The molecule has 0 unspecified atom stereocenters. The van der Waals surface area contributed by atoms with E-state index >= 15 is 0 Å². The van der Waals surface area contributed by atoms with E-state index in [9.17, 15) is 0 Å². The molecule has 0 aliphatic carbocycles. The van der Waals surface area contributed by atoms with E-state index in [0.717, 1.165) is 24.5 Å². The molecule has 2 heteroatoms. The first-order chi connectivity index (χ1) is 8.51. The van der Waals surface area contributed by atoms with Gasteiger partial charge in [-0.3, -0.25) is 0 Å². The molecule has 0 aromatic heterocycles. The molecule has 0 heterocycles. The normalized spacial score (nSPS) is 11.3.